The molecule has 1 atom stereocenters. The van der Waals surface area contributed by atoms with Crippen LogP contribution in [0.1, 0.15) is 40.3 Å². The van der Waals surface area contributed by atoms with Crippen LogP contribution in [0.25, 0.3) is 0 Å². The Labute approximate surface area is 110 Å². The highest BCUT2D eigenvalue weighted by atomic mass is 28.4. The summed E-state index contributed by atoms with van der Waals surface area (Å²) in [6, 6.07) is 0.841. The summed E-state index contributed by atoms with van der Waals surface area (Å²) < 4.78 is 19.7. The first-order chi connectivity index (χ1) is 8.67. The third kappa shape index (κ3) is 4.20. The summed E-state index contributed by atoms with van der Waals surface area (Å²) in [7, 11) is -2.56. The summed E-state index contributed by atoms with van der Waals surface area (Å²) in [6.07, 6.45) is 6.23. The van der Waals surface area contributed by atoms with Crippen LogP contribution in [-0.2, 0) is 13.3 Å². The summed E-state index contributed by atoms with van der Waals surface area (Å²) in [6.45, 7) is 9.28. The van der Waals surface area contributed by atoms with E-state index >= 15 is 0 Å². The molecule has 1 rings (SSSR count). The fraction of sp³-hybridized carbons (Fsp3) is 0.750. The molecule has 1 unspecified atom stereocenters. The molecule has 0 aromatic carbocycles. The van der Waals surface area contributed by atoms with Crippen molar-refractivity contribution in [1.82, 2.24) is 9.55 Å². The highest BCUT2D eigenvalue weighted by Gasteiger charge is 2.41. The van der Waals surface area contributed by atoms with Gasteiger partial charge in [-0.15, -0.1) is 0 Å². The monoisotopic (exact) mass is 272 g/mol. The van der Waals surface area contributed by atoms with E-state index in [9.17, 15) is 0 Å². The van der Waals surface area contributed by atoms with Gasteiger partial charge in [0.05, 0.1) is 6.33 Å². The molecule has 0 aliphatic carbocycles. The average Bonchev–Trinajstić information content (AvgIpc) is 2.83. The van der Waals surface area contributed by atoms with E-state index in [2.05, 4.69) is 11.9 Å². The van der Waals surface area contributed by atoms with E-state index in [1.807, 2.05) is 31.5 Å². The molecule has 0 saturated carbocycles. The van der Waals surface area contributed by atoms with Gasteiger partial charge in [-0.25, -0.2) is 4.98 Å². The van der Waals surface area contributed by atoms with Gasteiger partial charge in [0.1, 0.15) is 6.23 Å². The molecule has 0 aliphatic rings. The van der Waals surface area contributed by atoms with Crippen LogP contribution in [0.2, 0.25) is 6.04 Å². The predicted molar refractivity (Wildman–Crippen MR) is 72.1 cm³/mol. The Bertz CT molecular complexity index is 302. The van der Waals surface area contributed by atoms with E-state index in [1.165, 1.54) is 0 Å². The fourth-order valence-corrected chi connectivity index (χ4v) is 4.62. The van der Waals surface area contributed by atoms with Crippen molar-refractivity contribution in [2.45, 2.75) is 46.4 Å². The largest absolute Gasteiger partial charge is 0.502 e. The summed E-state index contributed by atoms with van der Waals surface area (Å²) in [5.41, 5.74) is 0. The van der Waals surface area contributed by atoms with Gasteiger partial charge < -0.3 is 17.8 Å². The summed E-state index contributed by atoms with van der Waals surface area (Å²) in [5, 5.41) is 0. The van der Waals surface area contributed by atoms with Crippen molar-refractivity contribution in [1.29, 1.82) is 0 Å². The molecule has 1 aromatic heterocycles. The highest BCUT2D eigenvalue weighted by molar-refractivity contribution is 6.60. The Morgan fingerprint density at radius 2 is 1.89 bits per heavy atom. The molecule has 104 valence electrons. The van der Waals surface area contributed by atoms with Crippen LogP contribution in [0.15, 0.2) is 18.7 Å². The Morgan fingerprint density at radius 1 is 1.22 bits per heavy atom. The Balaban J connectivity index is 2.75. The van der Waals surface area contributed by atoms with E-state index in [4.69, 9.17) is 13.3 Å². The second-order valence-electron chi connectivity index (χ2n) is 4.03. The predicted octanol–water partition coefficient (Wildman–Crippen LogP) is 2.84. The maximum absolute atomic E-state index is 6.12. The smallest absolute Gasteiger partial charge is 0.374 e. The topological polar surface area (TPSA) is 45.5 Å². The maximum atomic E-state index is 6.12. The molecule has 5 nitrogen and oxygen atoms in total. The summed E-state index contributed by atoms with van der Waals surface area (Å²) in [4.78, 5) is 4.03. The molecule has 1 aromatic rings. The normalized spacial score (nSPS) is 13.8. The number of nitrogens with zero attached hydrogens (tertiary/aromatic N) is 2. The molecule has 0 bridgehead atoms. The van der Waals surface area contributed by atoms with Crippen LogP contribution < -0.4 is 0 Å². The molecule has 6 heteroatoms. The Morgan fingerprint density at radius 3 is 2.33 bits per heavy atom. The molecule has 0 N–H and O–H groups in total. The van der Waals surface area contributed by atoms with Gasteiger partial charge in [-0.05, 0) is 20.8 Å². The molecular formula is C12H24N2O3Si. The van der Waals surface area contributed by atoms with Crippen LogP contribution in [0.5, 0.6) is 0 Å². The van der Waals surface area contributed by atoms with Gasteiger partial charge in [-0.1, -0.05) is 13.3 Å². The molecule has 1 heterocycles. The number of hydrogen-bond acceptors (Lipinski definition) is 4. The lowest BCUT2D eigenvalue weighted by molar-refractivity contribution is 0.0111. The second-order valence-corrected chi connectivity index (χ2v) is 6.71. The first-order valence-corrected chi connectivity index (χ1v) is 8.53. The lowest BCUT2D eigenvalue weighted by Gasteiger charge is -2.31. The Kier molecular flexibility index (Phi) is 6.55. The molecule has 0 amide bonds. The zero-order chi connectivity index (χ0) is 13.4. The maximum Gasteiger partial charge on any atom is 0.502 e. The van der Waals surface area contributed by atoms with Crippen LogP contribution in [0.3, 0.4) is 0 Å². The van der Waals surface area contributed by atoms with E-state index in [0.717, 1.165) is 12.5 Å². The number of aromatic nitrogens is 2. The Hall–Kier alpha value is -0.693. The molecule has 0 fully saturated rings. The van der Waals surface area contributed by atoms with Crippen LogP contribution in [-0.4, -0.2) is 31.6 Å². The van der Waals surface area contributed by atoms with Crippen molar-refractivity contribution in [3.8, 4) is 0 Å². The first-order valence-electron chi connectivity index (χ1n) is 6.60. The number of hydrogen-bond donors (Lipinski definition) is 0. The second kappa shape index (κ2) is 7.68. The summed E-state index contributed by atoms with van der Waals surface area (Å²) >= 11 is 0. The summed E-state index contributed by atoms with van der Waals surface area (Å²) in [5.74, 6) is 0. The lowest BCUT2D eigenvalue weighted by Crippen LogP contribution is -2.47. The van der Waals surface area contributed by atoms with Gasteiger partial charge in [0.25, 0.3) is 0 Å². The highest BCUT2D eigenvalue weighted by Crippen LogP contribution is 2.23. The minimum Gasteiger partial charge on any atom is -0.374 e. The fourth-order valence-electron chi connectivity index (χ4n) is 1.86. The van der Waals surface area contributed by atoms with Gasteiger partial charge >= 0.3 is 8.80 Å². The zero-order valence-corrected chi connectivity index (χ0v) is 12.8. The van der Waals surface area contributed by atoms with Gasteiger partial charge in [-0.3, -0.25) is 0 Å². The third-order valence-electron chi connectivity index (χ3n) is 2.58. The van der Waals surface area contributed by atoms with E-state index in [1.54, 1.807) is 12.5 Å². The quantitative estimate of drug-likeness (QED) is 0.648. The standard InChI is InChI=1S/C12H24N2O3Si/c1-5-10-18(15-6-2,16-7-3)17-12(4)14-9-8-13-11-14/h8-9,11-12H,5-7,10H2,1-4H3. The van der Waals surface area contributed by atoms with Crippen molar-refractivity contribution in [2.24, 2.45) is 0 Å². The van der Waals surface area contributed by atoms with Crippen molar-refractivity contribution in [2.75, 3.05) is 13.2 Å². The van der Waals surface area contributed by atoms with E-state index < -0.39 is 8.80 Å². The van der Waals surface area contributed by atoms with Crippen LogP contribution in [0, 0.1) is 0 Å². The zero-order valence-electron chi connectivity index (χ0n) is 11.8. The SMILES string of the molecule is CCC[Si](OCC)(OCC)OC(C)n1ccnc1. The van der Waals surface area contributed by atoms with Crippen LogP contribution in [0.4, 0.5) is 0 Å². The molecule has 18 heavy (non-hydrogen) atoms. The molecule has 0 saturated heterocycles. The van der Waals surface area contributed by atoms with Crippen molar-refractivity contribution in [3.63, 3.8) is 0 Å². The van der Waals surface area contributed by atoms with Crippen molar-refractivity contribution >= 4 is 8.80 Å². The van der Waals surface area contributed by atoms with Gasteiger partial charge in [0.2, 0.25) is 0 Å². The minimum atomic E-state index is -2.56. The molecule has 0 spiro atoms. The van der Waals surface area contributed by atoms with E-state index in [-0.39, 0.29) is 6.23 Å². The van der Waals surface area contributed by atoms with Gasteiger partial charge in [-0.2, -0.15) is 0 Å². The number of rotatable bonds is 9. The lowest BCUT2D eigenvalue weighted by atomic mass is 10.6. The average molecular weight is 272 g/mol. The van der Waals surface area contributed by atoms with Crippen molar-refractivity contribution < 1.29 is 13.3 Å². The number of imidazole rings is 1. The van der Waals surface area contributed by atoms with Crippen LogP contribution >= 0.6 is 0 Å². The minimum absolute atomic E-state index is 0.121. The third-order valence-corrected chi connectivity index (χ3v) is 5.85. The molecular weight excluding hydrogens is 248 g/mol. The van der Waals surface area contributed by atoms with Gasteiger partial charge in [0.15, 0.2) is 0 Å². The molecule has 0 radical (unpaired) electrons. The van der Waals surface area contributed by atoms with Gasteiger partial charge in [0, 0.05) is 31.7 Å². The molecule has 0 aliphatic heterocycles. The first kappa shape index (κ1) is 15.4. The van der Waals surface area contributed by atoms with E-state index in [0.29, 0.717) is 13.2 Å². The van der Waals surface area contributed by atoms with Crippen molar-refractivity contribution in [3.05, 3.63) is 18.7 Å².